The summed E-state index contributed by atoms with van der Waals surface area (Å²) in [6.45, 7) is 24.5. The maximum atomic E-state index is 11.5. The van der Waals surface area contributed by atoms with Crippen LogP contribution in [0.15, 0.2) is 190 Å². The Morgan fingerprint density at radius 3 is 1.67 bits per heavy atom. The second-order valence-electron chi connectivity index (χ2n) is 21.0. The zero-order valence-corrected chi connectivity index (χ0v) is 55.9. The van der Waals surface area contributed by atoms with E-state index in [4.69, 9.17) is 17.7 Å². The Bertz CT molecular complexity index is 3130. The Morgan fingerprint density at radius 1 is 0.682 bits per heavy atom. The van der Waals surface area contributed by atoms with Gasteiger partial charge in [-0.3, -0.25) is 9.59 Å². The molecule has 0 aliphatic heterocycles. The van der Waals surface area contributed by atoms with Gasteiger partial charge in [0, 0.05) is 22.9 Å². The van der Waals surface area contributed by atoms with Crippen molar-refractivity contribution in [2.75, 3.05) is 6.61 Å². The third-order valence-corrected chi connectivity index (χ3v) is 17.4. The summed E-state index contributed by atoms with van der Waals surface area (Å²) in [4.78, 5) is 26.7. The van der Waals surface area contributed by atoms with Gasteiger partial charge in [0.2, 0.25) is 0 Å². The number of phenolic OH excluding ortho intramolecular Hbond substituents is 1. The molecule has 0 spiro atoms. The van der Waals surface area contributed by atoms with Gasteiger partial charge < -0.3 is 24.3 Å². The maximum absolute atomic E-state index is 11.5. The van der Waals surface area contributed by atoms with Gasteiger partial charge in [-0.15, -0.1) is 13.2 Å². The first-order chi connectivity index (χ1) is 40.5. The Morgan fingerprint density at radius 2 is 1.16 bits per heavy atom. The van der Waals surface area contributed by atoms with Crippen molar-refractivity contribution in [2.24, 2.45) is 3.50 Å². The number of hydrogen-bond donors (Lipinski definition) is 1. The average molecular weight is 1360 g/mol. The first kappa shape index (κ1) is 72.9. The second kappa shape index (κ2) is 40.9. The van der Waals surface area contributed by atoms with E-state index in [9.17, 15) is 14.7 Å². The Kier molecular flexibility index (Phi) is 35.1. The van der Waals surface area contributed by atoms with Gasteiger partial charge in [0.25, 0.3) is 0 Å². The standard InChI is InChI=1S/C21H22Br2O.C15H20O3.C11H12O2.C10H12.C7H7N.C6H8N.C3H6.CH4.Mo/c1-12-17(22)10-13-6-2-4-8-15(13)19(12)20-16-9-5-3-7-14(16)11-18(23)21(20)24;1-2-3-12-17-13-8-7-11-15(16)18-14-9-5-4-6-10-14;1-2-3-9-11(12)13-10-7-5-4-6-8-10;1-10(2,3)9-7-5-4-6-8-9;1-6-4-2-3-5-7(6)8;1-5-3-4-6(2)7-5;1-3-2;;/h10-11,24H,2-9H2,1H3;4-6,8-10,13H,2-3,7,11-12H2,1H3;2,4-8H,1,3,9H2;1,4-8H,2-3H3;2-5H,1H3;3-4H,1-2H3;3H,1H2,2H3;1H4;/q;;;;;-1;;;/b;13-8-;;;;;;;. The predicted octanol–water partition coefficient (Wildman–Crippen LogP) is 20.7. The van der Waals surface area contributed by atoms with E-state index in [1.807, 2.05) is 75.4 Å². The number of hydrogen-bond acceptors (Lipinski definition) is 7. The average Bonchev–Trinajstić information content (AvgIpc) is 1.81. The fourth-order valence-electron chi connectivity index (χ4n) is 9.05. The van der Waals surface area contributed by atoms with E-state index in [-0.39, 0.29) is 24.8 Å². The van der Waals surface area contributed by atoms with Crippen LogP contribution < -0.4 is 14.5 Å². The minimum atomic E-state index is -0.473. The molecule has 0 radical (unpaired) electrons. The normalized spacial score (nSPS) is 11.7. The summed E-state index contributed by atoms with van der Waals surface area (Å²) in [5, 5.41) is 11.0. The first-order valence-corrected chi connectivity index (χ1v) is 32.9. The molecule has 1 heterocycles. The second-order valence-corrected chi connectivity index (χ2v) is 24.2. The number of allylic oxidation sites excluding steroid dienone is 3. The molecule has 7 aromatic rings. The molecule has 2 aliphatic rings. The van der Waals surface area contributed by atoms with E-state index >= 15 is 0 Å². The van der Waals surface area contributed by atoms with Gasteiger partial charge >= 0.3 is 135 Å². The molecule has 1 N–H and O–H groups in total. The third kappa shape index (κ3) is 26.5. The molecule has 0 saturated heterocycles. The molecule has 85 heavy (non-hydrogen) atoms. The van der Waals surface area contributed by atoms with Crippen LogP contribution in [0.25, 0.3) is 11.1 Å². The van der Waals surface area contributed by atoms with Crippen molar-refractivity contribution in [1.29, 1.82) is 0 Å². The molecule has 0 fully saturated rings. The van der Waals surface area contributed by atoms with Crippen LogP contribution in [-0.4, -0.2) is 28.1 Å². The van der Waals surface area contributed by atoms with Crippen molar-refractivity contribution in [3.63, 3.8) is 0 Å². The molecule has 9 rings (SSSR count). The van der Waals surface area contributed by atoms with Crippen molar-refractivity contribution in [2.45, 2.75) is 158 Å². The number of rotatable bonds is 16. The molecule has 454 valence electrons. The van der Waals surface area contributed by atoms with Crippen LogP contribution >= 0.6 is 31.9 Å². The molecular weight excluding hydrogens is 1270 g/mol. The van der Waals surface area contributed by atoms with Crippen molar-refractivity contribution in [1.82, 2.24) is 4.98 Å². The van der Waals surface area contributed by atoms with Gasteiger partial charge in [0.05, 0.1) is 17.3 Å². The van der Waals surface area contributed by atoms with E-state index in [0.29, 0.717) is 42.9 Å². The zero-order valence-electron chi connectivity index (χ0n) is 50.7. The number of aromatic nitrogens is 1. The topological polar surface area (TPSA) is 109 Å². The number of carbonyl (C=O) groups is 2. The van der Waals surface area contributed by atoms with E-state index in [1.165, 1.54) is 74.7 Å². The molecule has 8 nitrogen and oxygen atoms in total. The third-order valence-electron chi connectivity index (χ3n) is 13.5. The van der Waals surface area contributed by atoms with Gasteiger partial charge in [0.1, 0.15) is 17.2 Å². The Labute approximate surface area is 534 Å². The van der Waals surface area contributed by atoms with Crippen molar-refractivity contribution in [3.05, 3.63) is 236 Å². The monoisotopic (exact) mass is 1360 g/mol. The number of aromatic hydroxyl groups is 1. The molecule has 1 aromatic heterocycles. The molecule has 0 amide bonds. The summed E-state index contributed by atoms with van der Waals surface area (Å²) in [7, 11) is 0. The van der Waals surface area contributed by atoms with Crippen LogP contribution in [0.2, 0.25) is 0 Å². The van der Waals surface area contributed by atoms with Crippen molar-refractivity contribution in [3.8, 4) is 28.4 Å². The van der Waals surface area contributed by atoms with Gasteiger partial charge in [-0.25, -0.2) is 0 Å². The van der Waals surface area contributed by atoms with E-state index in [1.54, 1.807) is 42.7 Å². The number of nitrogens with zero attached hydrogens (tertiary/aromatic N) is 2. The minimum absolute atomic E-state index is 0. The summed E-state index contributed by atoms with van der Waals surface area (Å²) in [5.41, 5.74) is 15.4. The van der Waals surface area contributed by atoms with Crippen LogP contribution in [-0.2, 0) is 63.3 Å². The number of benzene rings is 6. The number of halogens is 2. The summed E-state index contributed by atoms with van der Waals surface area (Å²) in [6, 6.07) is 45.6. The SMILES string of the molecule is C.C=CC.C=CCCC(=O)Oc1ccccc1.CCCCO/C=C\CCC(=O)Oc1ccccc1.Cc1c(Br)cc2c(c1-c1c(O)c(Br)cc3c1CCCC3)CCCC2.Cc1ccc(C)[n-]1.Cc1ccccc1[N]=[Mo]=[CH]C(C)(C)c1ccccc1. The quantitative estimate of drug-likeness (QED) is 0.0256. The number of unbranched alkanes of at least 4 members (excludes halogenated alkanes) is 1. The van der Waals surface area contributed by atoms with Crippen LogP contribution in [0.3, 0.4) is 0 Å². The molecule has 0 unspecified atom stereocenters. The number of fused-ring (bicyclic) bond motifs is 2. The Balaban J connectivity index is 0.000000285. The number of ether oxygens (including phenoxy) is 3. The van der Waals surface area contributed by atoms with Gasteiger partial charge in [-0.2, -0.15) is 11.4 Å². The molecule has 0 saturated carbocycles. The van der Waals surface area contributed by atoms with Crippen LogP contribution in [0, 0.1) is 27.7 Å². The van der Waals surface area contributed by atoms with Crippen LogP contribution in [0.4, 0.5) is 5.69 Å². The molecule has 0 atom stereocenters. The zero-order chi connectivity index (χ0) is 61.1. The van der Waals surface area contributed by atoms with E-state index in [0.717, 1.165) is 72.2 Å². The molecule has 2 aliphatic carbocycles. The summed E-state index contributed by atoms with van der Waals surface area (Å²) in [6.07, 6.45) is 20.6. The molecule has 0 bridgehead atoms. The number of phenols is 1. The summed E-state index contributed by atoms with van der Waals surface area (Å²) in [5.74, 6) is 1.16. The molecule has 6 aromatic carbocycles. The fourth-order valence-corrected chi connectivity index (χ4v) is 11.9. The van der Waals surface area contributed by atoms with Crippen molar-refractivity contribution < 1.29 is 46.8 Å². The molecule has 11 heteroatoms. The summed E-state index contributed by atoms with van der Waals surface area (Å²) < 4.78 is 24.6. The van der Waals surface area contributed by atoms with Gasteiger partial charge in [0.15, 0.2) is 0 Å². The number of para-hydroxylation sites is 2. The number of esters is 2. The van der Waals surface area contributed by atoms with E-state index in [2.05, 4.69) is 156 Å². The first-order valence-electron chi connectivity index (χ1n) is 29.2. The van der Waals surface area contributed by atoms with Gasteiger partial charge in [-0.05, 0) is 176 Å². The van der Waals surface area contributed by atoms with Crippen LogP contribution in [0.5, 0.6) is 17.2 Å². The summed E-state index contributed by atoms with van der Waals surface area (Å²) >= 11 is 6.89. The van der Waals surface area contributed by atoms with Crippen LogP contribution in [0.1, 0.15) is 150 Å². The molecular formula is C74H91Br2MoN2O6-. The van der Waals surface area contributed by atoms with Gasteiger partial charge in [-0.1, -0.05) is 111 Å². The predicted molar refractivity (Wildman–Crippen MR) is 360 cm³/mol. The number of aryl methyl sites for hydroxylation is 5. The number of carbonyl (C=O) groups excluding carboxylic acids is 2. The Hall–Kier alpha value is -6.32. The fraction of sp³-hybridized carbons (Fsp3) is 0.338. The van der Waals surface area contributed by atoms with E-state index < -0.39 is 17.9 Å². The van der Waals surface area contributed by atoms with Crippen molar-refractivity contribution >= 4 is 53.9 Å².